The van der Waals surface area contributed by atoms with Crippen LogP contribution in [0, 0.1) is 12.8 Å². The van der Waals surface area contributed by atoms with Crippen molar-refractivity contribution in [2.75, 3.05) is 13.1 Å². The molecular formula is C24H28N4O2. The molecule has 1 amide bonds. The minimum Gasteiger partial charge on any atom is -0.348 e. The number of aromatic nitrogens is 2. The van der Waals surface area contributed by atoms with Crippen LogP contribution >= 0.6 is 0 Å². The number of benzene rings is 1. The largest absolute Gasteiger partial charge is 0.348 e. The number of amides is 1. The van der Waals surface area contributed by atoms with Crippen LogP contribution < -0.4 is 10.9 Å². The zero-order valence-electron chi connectivity index (χ0n) is 17.6. The van der Waals surface area contributed by atoms with Gasteiger partial charge in [-0.1, -0.05) is 37.3 Å². The van der Waals surface area contributed by atoms with E-state index in [0.717, 1.165) is 36.7 Å². The van der Waals surface area contributed by atoms with Crippen LogP contribution in [0.1, 0.15) is 46.8 Å². The van der Waals surface area contributed by atoms with E-state index in [1.807, 2.05) is 25.1 Å². The van der Waals surface area contributed by atoms with Crippen molar-refractivity contribution in [1.29, 1.82) is 0 Å². The van der Waals surface area contributed by atoms with E-state index in [4.69, 9.17) is 0 Å². The van der Waals surface area contributed by atoms with Crippen LogP contribution in [-0.2, 0) is 13.1 Å². The van der Waals surface area contributed by atoms with Gasteiger partial charge in [0.2, 0.25) is 0 Å². The molecule has 1 aliphatic rings. The molecule has 0 bridgehead atoms. The standard InChI is InChI=1S/C24H28N4O2/c1-17-4-3-11-27(14-17)16-20-8-6-19(7-9-20)12-26-23(29)21-13-25-22-10-5-18(2)15-28(22)24(21)30/h5-10,13,15,17H,3-4,11-12,14,16H2,1-2H3,(H,26,29). The molecule has 0 spiro atoms. The van der Waals surface area contributed by atoms with Gasteiger partial charge in [0.15, 0.2) is 0 Å². The fourth-order valence-electron chi connectivity index (χ4n) is 4.07. The Morgan fingerprint density at radius 3 is 2.70 bits per heavy atom. The summed E-state index contributed by atoms with van der Waals surface area (Å²) in [6.45, 7) is 7.87. The van der Waals surface area contributed by atoms with Crippen molar-refractivity contribution >= 4 is 11.6 Å². The third-order valence-corrected chi connectivity index (χ3v) is 5.72. The first kappa shape index (κ1) is 20.3. The summed E-state index contributed by atoms with van der Waals surface area (Å²) in [5.74, 6) is 0.362. The Hall–Kier alpha value is -2.99. The molecule has 0 saturated carbocycles. The Labute approximate surface area is 176 Å². The van der Waals surface area contributed by atoms with E-state index < -0.39 is 5.91 Å². The van der Waals surface area contributed by atoms with Crippen molar-refractivity contribution in [3.05, 3.63) is 81.4 Å². The number of nitrogens with one attached hydrogen (secondary N) is 1. The van der Waals surface area contributed by atoms with Crippen molar-refractivity contribution in [2.24, 2.45) is 5.92 Å². The molecule has 6 heteroatoms. The van der Waals surface area contributed by atoms with Crippen molar-refractivity contribution in [2.45, 2.75) is 39.8 Å². The second kappa shape index (κ2) is 8.79. The van der Waals surface area contributed by atoms with E-state index in [1.54, 1.807) is 12.3 Å². The number of rotatable bonds is 5. The summed E-state index contributed by atoms with van der Waals surface area (Å²) in [4.78, 5) is 31.9. The first-order chi connectivity index (χ1) is 14.5. The molecule has 1 saturated heterocycles. The molecular weight excluding hydrogens is 376 g/mol. The van der Waals surface area contributed by atoms with E-state index in [-0.39, 0.29) is 11.1 Å². The number of nitrogens with zero attached hydrogens (tertiary/aromatic N) is 3. The Kier molecular flexibility index (Phi) is 5.95. The molecule has 30 heavy (non-hydrogen) atoms. The molecule has 0 radical (unpaired) electrons. The van der Waals surface area contributed by atoms with Crippen LogP contribution in [-0.4, -0.2) is 33.3 Å². The monoisotopic (exact) mass is 404 g/mol. The van der Waals surface area contributed by atoms with Crippen LogP contribution in [0.3, 0.4) is 0 Å². The lowest BCUT2D eigenvalue weighted by molar-refractivity contribution is 0.0949. The number of aryl methyl sites for hydroxylation is 1. The fourth-order valence-corrected chi connectivity index (χ4v) is 4.07. The van der Waals surface area contributed by atoms with Crippen LogP contribution in [0.25, 0.3) is 5.65 Å². The van der Waals surface area contributed by atoms with E-state index in [1.165, 1.54) is 29.0 Å². The molecule has 1 atom stereocenters. The minimum atomic E-state index is -0.408. The minimum absolute atomic E-state index is 0.0499. The van der Waals surface area contributed by atoms with Gasteiger partial charge in [0, 0.05) is 32.0 Å². The third-order valence-electron chi connectivity index (χ3n) is 5.72. The Balaban J connectivity index is 1.38. The highest BCUT2D eigenvalue weighted by Gasteiger charge is 2.16. The second-order valence-electron chi connectivity index (χ2n) is 8.39. The molecule has 1 aromatic carbocycles. The summed E-state index contributed by atoms with van der Waals surface area (Å²) < 4.78 is 1.42. The van der Waals surface area contributed by atoms with Gasteiger partial charge in [0.05, 0.1) is 0 Å². The van der Waals surface area contributed by atoms with Gasteiger partial charge in [-0.15, -0.1) is 0 Å². The molecule has 1 unspecified atom stereocenters. The van der Waals surface area contributed by atoms with Crippen molar-refractivity contribution < 1.29 is 4.79 Å². The number of piperidine rings is 1. The molecule has 2 aromatic heterocycles. The van der Waals surface area contributed by atoms with Crippen molar-refractivity contribution in [3.8, 4) is 0 Å². The molecule has 1 aliphatic heterocycles. The first-order valence-corrected chi connectivity index (χ1v) is 10.6. The van der Waals surface area contributed by atoms with Gasteiger partial charge in [-0.2, -0.15) is 0 Å². The van der Waals surface area contributed by atoms with Gasteiger partial charge in [-0.25, -0.2) is 4.98 Å². The highest BCUT2D eigenvalue weighted by atomic mass is 16.2. The summed E-state index contributed by atoms with van der Waals surface area (Å²) in [5.41, 5.74) is 3.44. The molecule has 0 aliphatic carbocycles. The Bertz CT molecular complexity index is 1100. The van der Waals surface area contributed by atoms with E-state index in [0.29, 0.717) is 12.2 Å². The fraction of sp³-hybridized carbons (Fsp3) is 0.375. The smallest absolute Gasteiger partial charge is 0.270 e. The van der Waals surface area contributed by atoms with Gasteiger partial charge in [-0.3, -0.25) is 18.9 Å². The van der Waals surface area contributed by atoms with Gasteiger partial charge in [0.25, 0.3) is 11.5 Å². The maximum Gasteiger partial charge on any atom is 0.270 e. The topological polar surface area (TPSA) is 66.7 Å². The Morgan fingerprint density at radius 1 is 1.17 bits per heavy atom. The van der Waals surface area contributed by atoms with Crippen LogP contribution in [0.4, 0.5) is 0 Å². The molecule has 1 fully saturated rings. The molecule has 1 N–H and O–H groups in total. The first-order valence-electron chi connectivity index (χ1n) is 10.6. The second-order valence-corrected chi connectivity index (χ2v) is 8.39. The van der Waals surface area contributed by atoms with Gasteiger partial charge in [0.1, 0.15) is 11.2 Å². The zero-order valence-corrected chi connectivity index (χ0v) is 17.6. The SMILES string of the molecule is Cc1ccc2ncc(C(=O)NCc3ccc(CN4CCCC(C)C4)cc3)c(=O)n2c1. The molecule has 4 rings (SSSR count). The lowest BCUT2D eigenvalue weighted by atomic mass is 9.99. The number of carbonyl (C=O) groups excluding carboxylic acids is 1. The maximum atomic E-state index is 12.6. The summed E-state index contributed by atoms with van der Waals surface area (Å²) in [5, 5.41) is 2.84. The van der Waals surface area contributed by atoms with Gasteiger partial charge < -0.3 is 5.32 Å². The van der Waals surface area contributed by atoms with Gasteiger partial charge >= 0.3 is 0 Å². The van der Waals surface area contributed by atoms with Crippen LogP contribution in [0.15, 0.2) is 53.6 Å². The summed E-state index contributed by atoms with van der Waals surface area (Å²) in [6.07, 6.45) is 5.65. The average Bonchev–Trinajstić information content (AvgIpc) is 2.74. The predicted molar refractivity (Wildman–Crippen MR) is 117 cm³/mol. The average molecular weight is 405 g/mol. The highest BCUT2D eigenvalue weighted by molar-refractivity contribution is 5.93. The third kappa shape index (κ3) is 4.60. The number of hydrogen-bond donors (Lipinski definition) is 1. The summed E-state index contributed by atoms with van der Waals surface area (Å²) in [6, 6.07) is 12.0. The quantitative estimate of drug-likeness (QED) is 0.709. The van der Waals surface area contributed by atoms with E-state index in [9.17, 15) is 9.59 Å². The van der Waals surface area contributed by atoms with Gasteiger partial charge in [-0.05, 0) is 55.0 Å². The molecule has 156 valence electrons. The molecule has 6 nitrogen and oxygen atoms in total. The van der Waals surface area contributed by atoms with E-state index >= 15 is 0 Å². The van der Waals surface area contributed by atoms with Crippen LogP contribution in [0.2, 0.25) is 0 Å². The number of likely N-dealkylation sites (tertiary alicyclic amines) is 1. The highest BCUT2D eigenvalue weighted by Crippen LogP contribution is 2.18. The normalized spacial score (nSPS) is 17.2. The van der Waals surface area contributed by atoms with E-state index in [2.05, 4.69) is 34.3 Å². The predicted octanol–water partition coefficient (Wildman–Crippen LogP) is 3.16. The lowest BCUT2D eigenvalue weighted by Crippen LogP contribution is -2.33. The number of fused-ring (bicyclic) bond motifs is 1. The number of hydrogen-bond acceptors (Lipinski definition) is 4. The maximum absolute atomic E-state index is 12.6. The summed E-state index contributed by atoms with van der Waals surface area (Å²) in [7, 11) is 0. The Morgan fingerprint density at radius 2 is 1.93 bits per heavy atom. The number of carbonyl (C=O) groups is 1. The summed E-state index contributed by atoms with van der Waals surface area (Å²) >= 11 is 0. The van der Waals surface area contributed by atoms with Crippen molar-refractivity contribution in [1.82, 2.24) is 19.6 Å². The lowest BCUT2D eigenvalue weighted by Gasteiger charge is -2.30. The molecule has 3 heterocycles. The number of pyridine rings is 1. The molecule has 3 aromatic rings. The van der Waals surface area contributed by atoms with Crippen LogP contribution in [0.5, 0.6) is 0 Å². The zero-order chi connectivity index (χ0) is 21.1. The van der Waals surface area contributed by atoms with Crippen molar-refractivity contribution in [3.63, 3.8) is 0 Å².